The van der Waals surface area contributed by atoms with E-state index < -0.39 is 52.7 Å². The number of alkyl carbamates (subject to hydrolysis) is 1. The van der Waals surface area contributed by atoms with Crippen LogP contribution >= 0.6 is 11.6 Å². The van der Waals surface area contributed by atoms with E-state index in [2.05, 4.69) is 0 Å². The van der Waals surface area contributed by atoms with Gasteiger partial charge in [-0.1, -0.05) is 60.1 Å². The number of alkyl halides is 3. The van der Waals surface area contributed by atoms with Crippen molar-refractivity contribution in [1.82, 2.24) is 5.32 Å². The normalized spacial score (nSPS) is 13.6. The van der Waals surface area contributed by atoms with Crippen LogP contribution in [-0.4, -0.2) is 29.8 Å². The van der Waals surface area contributed by atoms with Crippen LogP contribution in [0.5, 0.6) is 0 Å². The predicted octanol–water partition coefficient (Wildman–Crippen LogP) is 6.03. The number of amides is 1. The van der Waals surface area contributed by atoms with E-state index in [1.165, 1.54) is 0 Å². The number of carbonyl (C=O) groups excluding carboxylic acids is 1. The molecule has 10 heteroatoms. The summed E-state index contributed by atoms with van der Waals surface area (Å²) in [6.07, 6.45) is -7.09. The van der Waals surface area contributed by atoms with Gasteiger partial charge in [-0.3, -0.25) is 0 Å². The molecule has 0 heterocycles. The number of ether oxygens (including phenoxy) is 1. The maximum atomic E-state index is 14.4. The second kappa shape index (κ2) is 9.58. The number of carboxylic acids is 1. The zero-order valence-electron chi connectivity index (χ0n) is 17.9. The van der Waals surface area contributed by atoms with Crippen molar-refractivity contribution in [3.8, 4) is 11.1 Å². The second-order valence-electron chi connectivity index (χ2n) is 7.95. The highest BCUT2D eigenvalue weighted by atomic mass is 35.5. The van der Waals surface area contributed by atoms with E-state index in [0.29, 0.717) is 6.07 Å². The molecule has 3 aromatic rings. The van der Waals surface area contributed by atoms with E-state index in [9.17, 15) is 32.3 Å². The molecule has 1 unspecified atom stereocenters. The molecule has 0 aliphatic heterocycles. The molecule has 3 aromatic carbocycles. The van der Waals surface area contributed by atoms with E-state index in [1.807, 2.05) is 53.8 Å². The minimum Gasteiger partial charge on any atom is -0.480 e. The summed E-state index contributed by atoms with van der Waals surface area (Å²) in [6, 6.07) is 14.5. The van der Waals surface area contributed by atoms with E-state index in [1.54, 1.807) is 0 Å². The van der Waals surface area contributed by atoms with Crippen LogP contribution in [0, 0.1) is 5.82 Å². The Hall–Kier alpha value is -3.59. The third-order valence-electron chi connectivity index (χ3n) is 5.84. The van der Waals surface area contributed by atoms with Gasteiger partial charge in [0, 0.05) is 17.9 Å². The lowest BCUT2D eigenvalue weighted by molar-refractivity contribution is -0.141. The molecule has 5 nitrogen and oxygen atoms in total. The van der Waals surface area contributed by atoms with Crippen LogP contribution in [0.25, 0.3) is 11.1 Å². The molecule has 1 atom stereocenters. The van der Waals surface area contributed by atoms with E-state index >= 15 is 0 Å². The maximum Gasteiger partial charge on any atom is 0.416 e. The molecule has 0 radical (unpaired) electrons. The molecule has 35 heavy (non-hydrogen) atoms. The van der Waals surface area contributed by atoms with Crippen LogP contribution in [0.15, 0.2) is 60.7 Å². The van der Waals surface area contributed by atoms with Crippen molar-refractivity contribution in [2.45, 2.75) is 24.6 Å². The average molecular weight is 508 g/mol. The Kier molecular flexibility index (Phi) is 6.71. The summed E-state index contributed by atoms with van der Waals surface area (Å²) in [4.78, 5) is 24.1. The van der Waals surface area contributed by atoms with Crippen molar-refractivity contribution in [2.24, 2.45) is 0 Å². The molecular formula is C25H18ClF4NO4. The molecule has 0 saturated heterocycles. The number of hydrogen-bond acceptors (Lipinski definition) is 3. The summed E-state index contributed by atoms with van der Waals surface area (Å²) in [6.45, 7) is -0.133. The second-order valence-corrected chi connectivity index (χ2v) is 8.36. The van der Waals surface area contributed by atoms with Gasteiger partial charge in [0.2, 0.25) is 0 Å². The Morgan fingerprint density at radius 3 is 2.11 bits per heavy atom. The molecule has 182 valence electrons. The summed E-state index contributed by atoms with van der Waals surface area (Å²) in [5, 5.41) is 10.9. The van der Waals surface area contributed by atoms with Gasteiger partial charge in [0.05, 0.1) is 10.6 Å². The van der Waals surface area contributed by atoms with Gasteiger partial charge in [-0.15, -0.1) is 0 Å². The van der Waals surface area contributed by atoms with Crippen LogP contribution in [0.3, 0.4) is 0 Å². The fraction of sp³-hybridized carbons (Fsp3) is 0.200. The van der Waals surface area contributed by atoms with Crippen molar-refractivity contribution < 1.29 is 37.0 Å². The molecule has 1 aliphatic carbocycles. The molecule has 0 saturated carbocycles. The van der Waals surface area contributed by atoms with Gasteiger partial charge in [0.25, 0.3) is 0 Å². The van der Waals surface area contributed by atoms with E-state index in [-0.39, 0.29) is 12.5 Å². The van der Waals surface area contributed by atoms with Gasteiger partial charge in [0.1, 0.15) is 18.5 Å². The van der Waals surface area contributed by atoms with Crippen LogP contribution in [0.4, 0.5) is 22.4 Å². The van der Waals surface area contributed by atoms with Crippen LogP contribution in [-0.2, 0) is 22.1 Å². The van der Waals surface area contributed by atoms with Crippen molar-refractivity contribution in [2.75, 3.05) is 6.61 Å². The number of halogens is 5. The topological polar surface area (TPSA) is 75.6 Å². The molecule has 1 amide bonds. The molecule has 4 rings (SSSR count). The van der Waals surface area contributed by atoms with Gasteiger partial charge in [-0.25, -0.2) is 14.0 Å². The number of aliphatic carboxylic acids is 1. The Morgan fingerprint density at radius 2 is 1.57 bits per heavy atom. The standard InChI is InChI=1S/C25H18ClF4NO4/c26-20-10-9-19(25(28,29)30)17(22(20)27)11-21(23(32)33)31-24(34)35-12-18-15-7-3-1-5-13(15)14-6-2-4-8-16(14)18/h1-10,18,21H,11-12H2,(H,31,34)(H,32,33). The first-order valence-electron chi connectivity index (χ1n) is 10.5. The first-order valence-corrected chi connectivity index (χ1v) is 10.8. The number of nitrogens with one attached hydrogen (secondary N) is 1. The minimum absolute atomic E-state index is 0.133. The number of carbonyl (C=O) groups is 2. The van der Waals surface area contributed by atoms with E-state index in [0.717, 1.165) is 28.3 Å². The largest absolute Gasteiger partial charge is 0.480 e. The molecule has 0 spiro atoms. The van der Waals surface area contributed by atoms with Crippen LogP contribution in [0.2, 0.25) is 5.02 Å². The number of hydrogen-bond donors (Lipinski definition) is 2. The fourth-order valence-electron chi connectivity index (χ4n) is 4.24. The lowest BCUT2D eigenvalue weighted by atomic mass is 9.98. The number of benzene rings is 3. The monoisotopic (exact) mass is 507 g/mol. The quantitative estimate of drug-likeness (QED) is 0.399. The highest BCUT2D eigenvalue weighted by Crippen LogP contribution is 2.44. The molecular weight excluding hydrogens is 490 g/mol. The van der Waals surface area contributed by atoms with Gasteiger partial charge >= 0.3 is 18.2 Å². The smallest absolute Gasteiger partial charge is 0.416 e. The molecule has 0 aromatic heterocycles. The number of fused-ring (bicyclic) bond motifs is 3. The fourth-order valence-corrected chi connectivity index (χ4v) is 4.42. The van der Waals surface area contributed by atoms with Crippen molar-refractivity contribution in [3.05, 3.63) is 93.8 Å². The van der Waals surface area contributed by atoms with Crippen molar-refractivity contribution in [1.29, 1.82) is 0 Å². The van der Waals surface area contributed by atoms with Gasteiger partial charge < -0.3 is 15.2 Å². The number of carboxylic acid groups (broad SMARTS) is 1. The van der Waals surface area contributed by atoms with Gasteiger partial charge in [-0.2, -0.15) is 13.2 Å². The Labute approximate surface area is 202 Å². The highest BCUT2D eigenvalue weighted by molar-refractivity contribution is 6.30. The van der Waals surface area contributed by atoms with E-state index in [4.69, 9.17) is 16.3 Å². The number of rotatable bonds is 6. The van der Waals surface area contributed by atoms with Crippen molar-refractivity contribution in [3.63, 3.8) is 0 Å². The zero-order valence-corrected chi connectivity index (χ0v) is 18.7. The summed E-state index contributed by atoms with van der Waals surface area (Å²) < 4.78 is 59.7. The summed E-state index contributed by atoms with van der Waals surface area (Å²) in [5.74, 6) is -3.37. The Bertz CT molecular complexity index is 1250. The molecule has 1 aliphatic rings. The highest BCUT2D eigenvalue weighted by Gasteiger charge is 2.37. The first-order chi connectivity index (χ1) is 16.6. The van der Waals surface area contributed by atoms with Gasteiger partial charge in [-0.05, 0) is 34.4 Å². The van der Waals surface area contributed by atoms with Crippen molar-refractivity contribution >= 4 is 23.7 Å². The zero-order chi connectivity index (χ0) is 25.3. The maximum absolute atomic E-state index is 14.4. The summed E-state index contributed by atoms with van der Waals surface area (Å²) in [5.41, 5.74) is 1.48. The average Bonchev–Trinajstić information content (AvgIpc) is 3.13. The molecule has 0 bridgehead atoms. The molecule has 0 fully saturated rings. The first kappa shape index (κ1) is 24.5. The van der Waals surface area contributed by atoms with Crippen LogP contribution in [0.1, 0.15) is 28.2 Å². The summed E-state index contributed by atoms with van der Waals surface area (Å²) in [7, 11) is 0. The lowest BCUT2D eigenvalue weighted by Crippen LogP contribution is -2.43. The Balaban J connectivity index is 1.50. The summed E-state index contributed by atoms with van der Waals surface area (Å²) >= 11 is 5.61. The Morgan fingerprint density at radius 1 is 1.00 bits per heavy atom. The molecule has 2 N–H and O–H groups in total. The van der Waals surface area contributed by atoms with Gasteiger partial charge in [0.15, 0.2) is 0 Å². The third-order valence-corrected chi connectivity index (χ3v) is 6.14. The minimum atomic E-state index is -4.95. The predicted molar refractivity (Wildman–Crippen MR) is 120 cm³/mol. The van der Waals surface area contributed by atoms with Crippen LogP contribution < -0.4 is 5.32 Å². The SMILES string of the molecule is O=C(NC(Cc1c(C(F)(F)F)ccc(Cl)c1F)C(=O)O)OCC1c2ccccc2-c2ccccc21. The third kappa shape index (κ3) is 4.95. The lowest BCUT2D eigenvalue weighted by Gasteiger charge is -2.20.